The van der Waals surface area contributed by atoms with Gasteiger partial charge in [0.1, 0.15) is 0 Å². The van der Waals surface area contributed by atoms with Gasteiger partial charge in [-0.15, -0.1) is 0 Å². The van der Waals surface area contributed by atoms with E-state index in [2.05, 4.69) is 10.6 Å². The van der Waals surface area contributed by atoms with Crippen molar-refractivity contribution in [1.29, 1.82) is 0 Å². The van der Waals surface area contributed by atoms with E-state index in [1.54, 1.807) is 0 Å². The number of rotatable bonds is 2. The minimum Gasteiger partial charge on any atom is -0.465 e. The van der Waals surface area contributed by atoms with E-state index in [0.29, 0.717) is 19.3 Å². The maximum atomic E-state index is 10.2. The maximum absolute atomic E-state index is 10.2. The Morgan fingerprint density at radius 1 is 1.00 bits per heavy atom. The SMILES string of the molecule is O=C(O)N[C@@H]1CC[C@H](NC(=O)O)C1. The molecular weight excluding hydrogens is 176 g/mol. The molecule has 0 aromatic heterocycles. The molecule has 2 amide bonds. The van der Waals surface area contributed by atoms with Gasteiger partial charge in [-0.2, -0.15) is 0 Å². The summed E-state index contributed by atoms with van der Waals surface area (Å²) in [6, 6.07) is -0.233. The molecule has 13 heavy (non-hydrogen) atoms. The zero-order valence-corrected chi connectivity index (χ0v) is 6.99. The van der Waals surface area contributed by atoms with E-state index in [1.807, 2.05) is 0 Å². The van der Waals surface area contributed by atoms with Crippen LogP contribution in [0.3, 0.4) is 0 Å². The fourth-order valence-corrected chi connectivity index (χ4v) is 1.59. The fraction of sp³-hybridized carbons (Fsp3) is 0.714. The molecule has 6 heteroatoms. The number of carboxylic acid groups (broad SMARTS) is 2. The lowest BCUT2D eigenvalue weighted by Gasteiger charge is -2.10. The monoisotopic (exact) mass is 188 g/mol. The smallest absolute Gasteiger partial charge is 0.404 e. The van der Waals surface area contributed by atoms with Crippen molar-refractivity contribution in [1.82, 2.24) is 10.6 Å². The minimum absolute atomic E-state index is 0.116. The highest BCUT2D eigenvalue weighted by Gasteiger charge is 2.26. The average molecular weight is 188 g/mol. The van der Waals surface area contributed by atoms with Crippen molar-refractivity contribution in [3.05, 3.63) is 0 Å². The van der Waals surface area contributed by atoms with Crippen LogP contribution in [0.2, 0.25) is 0 Å². The normalized spacial score (nSPS) is 26.8. The molecule has 0 unspecified atom stereocenters. The highest BCUT2D eigenvalue weighted by molar-refractivity contribution is 5.66. The van der Waals surface area contributed by atoms with Crippen molar-refractivity contribution in [2.24, 2.45) is 0 Å². The molecule has 0 heterocycles. The van der Waals surface area contributed by atoms with E-state index < -0.39 is 12.2 Å². The molecule has 0 bridgehead atoms. The van der Waals surface area contributed by atoms with Gasteiger partial charge in [-0.1, -0.05) is 0 Å². The average Bonchev–Trinajstić information content (AvgIpc) is 2.33. The number of carbonyl (C=O) groups is 2. The Morgan fingerprint density at radius 3 is 1.69 bits per heavy atom. The van der Waals surface area contributed by atoms with Gasteiger partial charge in [0.05, 0.1) is 0 Å². The standard InChI is InChI=1S/C7H12N2O4/c10-6(11)8-4-1-2-5(3-4)9-7(12)13/h4-5,8-9H,1-3H2,(H,10,11)(H,12,13)/t4-,5+. The van der Waals surface area contributed by atoms with Crippen LogP contribution in [-0.2, 0) is 0 Å². The summed E-state index contributed by atoms with van der Waals surface area (Å²) in [6.45, 7) is 0. The highest BCUT2D eigenvalue weighted by Crippen LogP contribution is 2.18. The molecule has 0 saturated heterocycles. The third kappa shape index (κ3) is 3.18. The lowest BCUT2D eigenvalue weighted by Crippen LogP contribution is -2.35. The lowest BCUT2D eigenvalue weighted by atomic mass is 10.2. The number of nitrogens with one attached hydrogen (secondary N) is 2. The van der Waals surface area contributed by atoms with Gasteiger partial charge >= 0.3 is 12.2 Å². The van der Waals surface area contributed by atoms with E-state index in [9.17, 15) is 9.59 Å². The molecule has 0 aromatic rings. The predicted molar refractivity (Wildman–Crippen MR) is 43.7 cm³/mol. The molecule has 2 atom stereocenters. The quantitative estimate of drug-likeness (QED) is 0.505. The van der Waals surface area contributed by atoms with E-state index >= 15 is 0 Å². The second-order valence-corrected chi connectivity index (χ2v) is 3.11. The summed E-state index contributed by atoms with van der Waals surface area (Å²) in [5, 5.41) is 21.4. The summed E-state index contributed by atoms with van der Waals surface area (Å²) in [7, 11) is 0. The Labute approximate surface area is 74.9 Å². The summed E-state index contributed by atoms with van der Waals surface area (Å²) in [6.07, 6.45) is -0.186. The van der Waals surface area contributed by atoms with Crippen LogP contribution in [0.15, 0.2) is 0 Å². The van der Waals surface area contributed by atoms with E-state index in [-0.39, 0.29) is 12.1 Å². The van der Waals surface area contributed by atoms with Gasteiger partial charge in [0.15, 0.2) is 0 Å². The summed E-state index contributed by atoms with van der Waals surface area (Å²) in [4.78, 5) is 20.5. The molecule has 1 rings (SSSR count). The molecule has 0 aromatic carbocycles. The van der Waals surface area contributed by atoms with E-state index in [4.69, 9.17) is 10.2 Å². The van der Waals surface area contributed by atoms with E-state index in [1.165, 1.54) is 0 Å². The summed E-state index contributed by atoms with van der Waals surface area (Å²) in [5.74, 6) is 0. The number of amides is 2. The molecule has 1 aliphatic rings. The first-order chi connectivity index (χ1) is 6.08. The van der Waals surface area contributed by atoms with Crippen LogP contribution in [-0.4, -0.2) is 34.5 Å². The van der Waals surface area contributed by atoms with Crippen molar-refractivity contribution >= 4 is 12.2 Å². The van der Waals surface area contributed by atoms with Crippen LogP contribution in [0, 0.1) is 0 Å². The van der Waals surface area contributed by atoms with Crippen molar-refractivity contribution in [2.75, 3.05) is 0 Å². The van der Waals surface area contributed by atoms with Gasteiger partial charge in [0.25, 0.3) is 0 Å². The van der Waals surface area contributed by atoms with Crippen LogP contribution in [0.4, 0.5) is 9.59 Å². The van der Waals surface area contributed by atoms with Crippen molar-refractivity contribution in [3.63, 3.8) is 0 Å². The summed E-state index contributed by atoms with van der Waals surface area (Å²) >= 11 is 0. The predicted octanol–water partition coefficient (Wildman–Crippen LogP) is 0.443. The van der Waals surface area contributed by atoms with E-state index in [0.717, 1.165) is 0 Å². The minimum atomic E-state index is -1.05. The van der Waals surface area contributed by atoms with Gasteiger partial charge in [-0.3, -0.25) is 0 Å². The molecule has 74 valence electrons. The molecule has 0 aliphatic heterocycles. The highest BCUT2D eigenvalue weighted by atomic mass is 16.4. The Bertz CT molecular complexity index is 197. The van der Waals surface area contributed by atoms with Gasteiger partial charge in [0, 0.05) is 12.1 Å². The molecule has 1 saturated carbocycles. The Morgan fingerprint density at radius 2 is 1.38 bits per heavy atom. The third-order valence-electron chi connectivity index (χ3n) is 2.09. The van der Waals surface area contributed by atoms with Gasteiger partial charge in [0.2, 0.25) is 0 Å². The summed E-state index contributed by atoms with van der Waals surface area (Å²) in [5.41, 5.74) is 0. The summed E-state index contributed by atoms with van der Waals surface area (Å²) < 4.78 is 0. The zero-order valence-electron chi connectivity index (χ0n) is 6.99. The van der Waals surface area contributed by atoms with Crippen molar-refractivity contribution in [3.8, 4) is 0 Å². The second-order valence-electron chi connectivity index (χ2n) is 3.11. The number of hydrogen-bond donors (Lipinski definition) is 4. The first kappa shape index (κ1) is 9.63. The Kier molecular flexibility index (Phi) is 2.94. The van der Waals surface area contributed by atoms with Gasteiger partial charge < -0.3 is 20.8 Å². The first-order valence-electron chi connectivity index (χ1n) is 4.07. The Balaban J connectivity index is 2.27. The molecule has 6 nitrogen and oxygen atoms in total. The zero-order chi connectivity index (χ0) is 9.84. The molecule has 1 fully saturated rings. The fourth-order valence-electron chi connectivity index (χ4n) is 1.59. The third-order valence-corrected chi connectivity index (χ3v) is 2.09. The lowest BCUT2D eigenvalue weighted by molar-refractivity contribution is 0.188. The molecule has 0 radical (unpaired) electrons. The van der Waals surface area contributed by atoms with Gasteiger partial charge in [-0.25, -0.2) is 9.59 Å². The molecule has 4 N–H and O–H groups in total. The maximum Gasteiger partial charge on any atom is 0.404 e. The molecule has 1 aliphatic carbocycles. The van der Waals surface area contributed by atoms with Gasteiger partial charge in [-0.05, 0) is 19.3 Å². The van der Waals surface area contributed by atoms with Crippen LogP contribution in [0.1, 0.15) is 19.3 Å². The molecular formula is C7H12N2O4. The van der Waals surface area contributed by atoms with Crippen LogP contribution >= 0.6 is 0 Å². The largest absolute Gasteiger partial charge is 0.465 e. The topological polar surface area (TPSA) is 98.7 Å². The number of hydrogen-bond acceptors (Lipinski definition) is 2. The first-order valence-corrected chi connectivity index (χ1v) is 4.07. The van der Waals surface area contributed by atoms with Crippen LogP contribution < -0.4 is 10.6 Å². The van der Waals surface area contributed by atoms with Crippen molar-refractivity contribution in [2.45, 2.75) is 31.3 Å². The molecule has 0 spiro atoms. The van der Waals surface area contributed by atoms with Crippen LogP contribution in [0.25, 0.3) is 0 Å². The second kappa shape index (κ2) is 3.97. The van der Waals surface area contributed by atoms with Crippen LogP contribution in [0.5, 0.6) is 0 Å². The van der Waals surface area contributed by atoms with Crippen molar-refractivity contribution < 1.29 is 19.8 Å². The Hall–Kier alpha value is -1.46.